The minimum absolute atomic E-state index is 0.770. The first-order chi connectivity index (χ1) is 4.88. The predicted octanol–water partition coefficient (Wildman–Crippen LogP) is 1.15. The lowest BCUT2D eigenvalue weighted by Gasteiger charge is -1.91. The summed E-state index contributed by atoms with van der Waals surface area (Å²) in [6, 6.07) is 1.79. The van der Waals surface area contributed by atoms with Gasteiger partial charge in [0.15, 0.2) is 0 Å². The maximum atomic E-state index is 5.64. The number of nitrogen functional groups attached to an aromatic ring is 1. The van der Waals surface area contributed by atoms with E-state index >= 15 is 0 Å². The lowest BCUT2D eigenvalue weighted by molar-refractivity contribution is 1.39. The van der Waals surface area contributed by atoms with Crippen molar-refractivity contribution in [2.24, 2.45) is 0 Å². The van der Waals surface area contributed by atoms with Crippen LogP contribution in [0.15, 0.2) is 24.7 Å². The minimum Gasteiger partial charge on any atom is -0.398 e. The number of hydrogen-bond acceptors (Lipinski definition) is 2. The summed E-state index contributed by atoms with van der Waals surface area (Å²) in [5.41, 5.74) is 7.33. The van der Waals surface area contributed by atoms with E-state index in [1.807, 2.05) is 12.4 Å². The van der Waals surface area contributed by atoms with Crippen molar-refractivity contribution < 1.29 is 0 Å². The zero-order valence-corrected chi connectivity index (χ0v) is 5.33. The molecule has 0 atom stereocenters. The summed E-state index contributed by atoms with van der Waals surface area (Å²) >= 11 is 0. The molecule has 3 N–H and O–H groups in total. The summed E-state index contributed by atoms with van der Waals surface area (Å²) in [6.07, 6.45) is 5.37. The Morgan fingerprint density at radius 2 is 2.30 bits per heavy atom. The van der Waals surface area contributed by atoms with Crippen molar-refractivity contribution in [2.45, 2.75) is 0 Å². The van der Waals surface area contributed by atoms with Gasteiger partial charge in [-0.1, -0.05) is 0 Å². The number of H-pyrrole nitrogens is 1. The Kier molecular flexibility index (Phi) is 0.917. The van der Waals surface area contributed by atoms with Crippen LogP contribution in [0.4, 0.5) is 5.69 Å². The van der Waals surface area contributed by atoms with Gasteiger partial charge in [-0.3, -0.25) is 4.98 Å². The normalized spacial score (nSPS) is 10.4. The molecular weight excluding hydrogens is 126 g/mol. The van der Waals surface area contributed by atoms with Crippen LogP contribution in [0, 0.1) is 0 Å². The molecule has 0 amide bonds. The maximum Gasteiger partial charge on any atom is 0.0897 e. The Bertz CT molecular complexity index is 350. The number of aromatic amines is 1. The number of nitrogens with two attached hydrogens (primary N) is 1. The van der Waals surface area contributed by atoms with Gasteiger partial charge < -0.3 is 10.7 Å². The van der Waals surface area contributed by atoms with Crippen molar-refractivity contribution >= 4 is 16.6 Å². The van der Waals surface area contributed by atoms with Crippen LogP contribution >= 0.6 is 0 Å². The van der Waals surface area contributed by atoms with E-state index in [4.69, 9.17) is 5.73 Å². The molecule has 0 saturated heterocycles. The molecule has 2 aromatic rings. The summed E-state index contributed by atoms with van der Waals surface area (Å²) in [7, 11) is 0. The third kappa shape index (κ3) is 0.572. The molecule has 0 spiro atoms. The molecule has 3 heteroatoms. The van der Waals surface area contributed by atoms with Gasteiger partial charge in [-0.05, 0) is 6.07 Å². The second-order valence-electron chi connectivity index (χ2n) is 2.15. The molecule has 0 aliphatic heterocycles. The zero-order valence-electron chi connectivity index (χ0n) is 5.33. The second-order valence-corrected chi connectivity index (χ2v) is 2.15. The average molecular weight is 133 g/mol. The van der Waals surface area contributed by atoms with Crippen molar-refractivity contribution in [3.05, 3.63) is 24.7 Å². The first-order valence-electron chi connectivity index (χ1n) is 3.05. The Hall–Kier alpha value is -1.51. The van der Waals surface area contributed by atoms with E-state index in [0.717, 1.165) is 16.6 Å². The van der Waals surface area contributed by atoms with Crippen LogP contribution in [0.3, 0.4) is 0 Å². The number of rotatable bonds is 0. The molecule has 50 valence electrons. The first kappa shape index (κ1) is 5.29. The quantitative estimate of drug-likeness (QED) is 0.566. The van der Waals surface area contributed by atoms with Crippen molar-refractivity contribution in [1.82, 2.24) is 9.97 Å². The Morgan fingerprint density at radius 1 is 1.40 bits per heavy atom. The molecule has 0 aromatic carbocycles. The number of aromatic nitrogens is 2. The topological polar surface area (TPSA) is 54.7 Å². The van der Waals surface area contributed by atoms with Crippen molar-refractivity contribution in [3.63, 3.8) is 0 Å². The number of fused-ring (bicyclic) bond motifs is 1. The molecule has 2 aromatic heterocycles. The standard InChI is InChI=1S/C7H7N3/c8-6-1-2-10-7-4-9-3-5(6)7/h1-4,9H,8H2. The van der Waals surface area contributed by atoms with Crippen LogP contribution in [0.2, 0.25) is 0 Å². The number of pyridine rings is 1. The largest absolute Gasteiger partial charge is 0.398 e. The Morgan fingerprint density at radius 3 is 3.10 bits per heavy atom. The van der Waals surface area contributed by atoms with Crippen LogP contribution in [0.25, 0.3) is 10.9 Å². The van der Waals surface area contributed by atoms with Gasteiger partial charge in [0, 0.05) is 29.7 Å². The number of hydrogen-bond donors (Lipinski definition) is 2. The number of anilines is 1. The lowest BCUT2D eigenvalue weighted by atomic mass is 10.3. The fourth-order valence-corrected chi connectivity index (χ4v) is 0.981. The van der Waals surface area contributed by atoms with Crippen LogP contribution in [0.1, 0.15) is 0 Å². The summed E-state index contributed by atoms with van der Waals surface area (Å²) in [5.74, 6) is 0. The highest BCUT2D eigenvalue weighted by Gasteiger charge is 1.95. The van der Waals surface area contributed by atoms with Gasteiger partial charge in [0.1, 0.15) is 0 Å². The van der Waals surface area contributed by atoms with E-state index in [2.05, 4.69) is 9.97 Å². The van der Waals surface area contributed by atoms with E-state index < -0.39 is 0 Å². The molecule has 10 heavy (non-hydrogen) atoms. The van der Waals surface area contributed by atoms with E-state index in [-0.39, 0.29) is 0 Å². The molecule has 0 bridgehead atoms. The Balaban J connectivity index is 2.95. The highest BCUT2D eigenvalue weighted by atomic mass is 14.8. The van der Waals surface area contributed by atoms with Gasteiger partial charge >= 0.3 is 0 Å². The lowest BCUT2D eigenvalue weighted by Crippen LogP contribution is -1.84. The van der Waals surface area contributed by atoms with Crippen LogP contribution in [0.5, 0.6) is 0 Å². The monoisotopic (exact) mass is 133 g/mol. The summed E-state index contributed by atoms with van der Waals surface area (Å²) in [5, 5.41) is 0.988. The third-order valence-corrected chi connectivity index (χ3v) is 1.50. The molecule has 2 rings (SSSR count). The predicted molar refractivity (Wildman–Crippen MR) is 40.5 cm³/mol. The average Bonchev–Trinajstić information content (AvgIpc) is 2.36. The molecule has 0 saturated carbocycles. The SMILES string of the molecule is Nc1ccnc2c[nH]cc12. The zero-order chi connectivity index (χ0) is 6.97. The first-order valence-corrected chi connectivity index (χ1v) is 3.05. The minimum atomic E-state index is 0.770. The highest BCUT2D eigenvalue weighted by Crippen LogP contribution is 2.16. The second kappa shape index (κ2) is 1.73. The molecular formula is C7H7N3. The summed E-state index contributed by atoms with van der Waals surface area (Å²) in [4.78, 5) is 7.03. The highest BCUT2D eigenvalue weighted by molar-refractivity contribution is 5.89. The molecule has 0 unspecified atom stereocenters. The fraction of sp³-hybridized carbons (Fsp3) is 0. The van der Waals surface area contributed by atoms with Gasteiger partial charge in [0.2, 0.25) is 0 Å². The van der Waals surface area contributed by atoms with Crippen molar-refractivity contribution in [1.29, 1.82) is 0 Å². The molecule has 0 aliphatic rings. The van der Waals surface area contributed by atoms with Gasteiger partial charge in [-0.15, -0.1) is 0 Å². The molecule has 2 heterocycles. The molecule has 3 nitrogen and oxygen atoms in total. The molecule has 0 fully saturated rings. The van der Waals surface area contributed by atoms with E-state index in [0.29, 0.717) is 0 Å². The molecule has 0 radical (unpaired) electrons. The number of nitrogens with zero attached hydrogens (tertiary/aromatic N) is 1. The fourth-order valence-electron chi connectivity index (χ4n) is 0.981. The van der Waals surface area contributed by atoms with Gasteiger partial charge in [-0.2, -0.15) is 0 Å². The van der Waals surface area contributed by atoms with Crippen LogP contribution in [-0.2, 0) is 0 Å². The molecule has 0 aliphatic carbocycles. The number of nitrogens with one attached hydrogen (secondary N) is 1. The van der Waals surface area contributed by atoms with E-state index in [9.17, 15) is 0 Å². The maximum absolute atomic E-state index is 5.64. The summed E-state index contributed by atoms with van der Waals surface area (Å²) < 4.78 is 0. The third-order valence-electron chi connectivity index (χ3n) is 1.50. The summed E-state index contributed by atoms with van der Waals surface area (Å²) in [6.45, 7) is 0. The van der Waals surface area contributed by atoms with Gasteiger partial charge in [-0.25, -0.2) is 0 Å². The van der Waals surface area contributed by atoms with E-state index in [1.165, 1.54) is 0 Å². The Labute approximate surface area is 57.9 Å². The van der Waals surface area contributed by atoms with Crippen molar-refractivity contribution in [3.8, 4) is 0 Å². The van der Waals surface area contributed by atoms with Crippen LogP contribution < -0.4 is 5.73 Å². The van der Waals surface area contributed by atoms with Crippen LogP contribution in [-0.4, -0.2) is 9.97 Å². The smallest absolute Gasteiger partial charge is 0.0897 e. The van der Waals surface area contributed by atoms with Gasteiger partial charge in [0.25, 0.3) is 0 Å². The van der Waals surface area contributed by atoms with Gasteiger partial charge in [0.05, 0.1) is 5.52 Å². The van der Waals surface area contributed by atoms with Crippen molar-refractivity contribution in [2.75, 3.05) is 5.73 Å². The van der Waals surface area contributed by atoms with E-state index in [1.54, 1.807) is 12.3 Å².